The number of hydrogen-bond donors (Lipinski definition) is 0. The van der Waals surface area contributed by atoms with Crippen LogP contribution in [0.4, 0.5) is 4.79 Å². The lowest BCUT2D eigenvalue weighted by Gasteiger charge is -2.27. The normalized spacial score (nSPS) is 19.5. The van der Waals surface area contributed by atoms with Crippen LogP contribution in [-0.2, 0) is 24.5 Å². The van der Waals surface area contributed by atoms with Gasteiger partial charge in [0.25, 0.3) is 5.91 Å². The molecule has 1 saturated carbocycles. The molecule has 122 valence electrons. The molecule has 0 unspecified atom stereocenters. The number of hydrogen-bond acceptors (Lipinski definition) is 5. The van der Waals surface area contributed by atoms with Crippen LogP contribution in [0.1, 0.15) is 31.2 Å². The second kappa shape index (κ2) is 6.40. The first-order chi connectivity index (χ1) is 11.1. The van der Waals surface area contributed by atoms with Crippen LogP contribution in [0.2, 0.25) is 0 Å². The number of benzene rings is 1. The maximum Gasteiger partial charge on any atom is 0.416 e. The summed E-state index contributed by atoms with van der Waals surface area (Å²) in [4.78, 5) is 36.9. The average Bonchev–Trinajstić information content (AvgIpc) is 3.23. The van der Waals surface area contributed by atoms with E-state index in [1.165, 1.54) is 0 Å². The van der Waals surface area contributed by atoms with Gasteiger partial charge >= 0.3 is 12.1 Å². The lowest BCUT2D eigenvalue weighted by Crippen LogP contribution is -2.39. The van der Waals surface area contributed by atoms with Crippen LogP contribution >= 0.6 is 0 Å². The lowest BCUT2D eigenvalue weighted by molar-refractivity contribution is -0.156. The van der Waals surface area contributed by atoms with Crippen LogP contribution < -0.4 is 0 Å². The molecule has 0 bridgehead atoms. The van der Waals surface area contributed by atoms with E-state index in [4.69, 9.17) is 9.47 Å². The molecule has 1 aromatic rings. The highest BCUT2D eigenvalue weighted by atomic mass is 16.6. The summed E-state index contributed by atoms with van der Waals surface area (Å²) in [6, 6.07) is 9.54. The van der Waals surface area contributed by atoms with Gasteiger partial charge in [0.15, 0.2) is 6.61 Å². The molecule has 0 atom stereocenters. The largest absolute Gasteiger partial charge is 0.455 e. The number of cyclic esters (lactones) is 1. The number of esters is 1. The first kappa shape index (κ1) is 15.5. The van der Waals surface area contributed by atoms with Gasteiger partial charge in [0.2, 0.25) is 0 Å². The van der Waals surface area contributed by atoms with E-state index in [2.05, 4.69) is 0 Å². The summed E-state index contributed by atoms with van der Waals surface area (Å²) in [6.45, 7) is -0.0337. The van der Waals surface area contributed by atoms with Crippen LogP contribution in [0.25, 0.3) is 0 Å². The fourth-order valence-corrected chi connectivity index (χ4v) is 3.31. The highest BCUT2D eigenvalue weighted by Gasteiger charge is 2.44. The third kappa shape index (κ3) is 2.93. The molecule has 1 aromatic carbocycles. The van der Waals surface area contributed by atoms with Crippen molar-refractivity contribution in [2.24, 2.45) is 0 Å². The van der Waals surface area contributed by atoms with E-state index in [-0.39, 0.29) is 19.1 Å². The second-order valence-corrected chi connectivity index (χ2v) is 5.89. The number of rotatable bonds is 4. The van der Waals surface area contributed by atoms with Crippen molar-refractivity contribution in [1.29, 1.82) is 0 Å². The van der Waals surface area contributed by atoms with Gasteiger partial charge in [0.05, 0.1) is 12.0 Å². The van der Waals surface area contributed by atoms with E-state index >= 15 is 0 Å². The van der Waals surface area contributed by atoms with E-state index < -0.39 is 24.0 Å². The maximum absolute atomic E-state index is 12.7. The first-order valence-electron chi connectivity index (χ1n) is 7.83. The van der Waals surface area contributed by atoms with E-state index in [1.807, 2.05) is 30.3 Å². The summed E-state index contributed by atoms with van der Waals surface area (Å²) in [5.41, 5.74) is 0.253. The first-order valence-corrected chi connectivity index (χ1v) is 7.83. The molecule has 6 nitrogen and oxygen atoms in total. The van der Waals surface area contributed by atoms with Gasteiger partial charge in [-0.05, 0) is 18.4 Å². The topological polar surface area (TPSA) is 72.9 Å². The molecule has 1 saturated heterocycles. The van der Waals surface area contributed by atoms with Crippen molar-refractivity contribution in [3.05, 3.63) is 35.9 Å². The van der Waals surface area contributed by atoms with E-state index in [0.29, 0.717) is 0 Å². The van der Waals surface area contributed by atoms with E-state index in [1.54, 1.807) is 0 Å². The zero-order chi connectivity index (χ0) is 16.3. The van der Waals surface area contributed by atoms with Crippen molar-refractivity contribution in [1.82, 2.24) is 4.90 Å². The number of imide groups is 1. The molecule has 1 heterocycles. The monoisotopic (exact) mass is 317 g/mol. The lowest BCUT2D eigenvalue weighted by atomic mass is 9.79. The van der Waals surface area contributed by atoms with Crippen LogP contribution in [0.3, 0.4) is 0 Å². The molecule has 0 radical (unpaired) electrons. The van der Waals surface area contributed by atoms with Gasteiger partial charge < -0.3 is 9.47 Å². The Bertz CT molecular complexity index is 607. The summed E-state index contributed by atoms with van der Waals surface area (Å²) < 4.78 is 9.98. The van der Waals surface area contributed by atoms with Gasteiger partial charge in [0.1, 0.15) is 6.61 Å². The zero-order valence-corrected chi connectivity index (χ0v) is 12.8. The molecule has 2 fully saturated rings. The molecule has 2 aliphatic rings. The fourth-order valence-electron chi connectivity index (χ4n) is 3.31. The minimum atomic E-state index is -0.676. The quantitative estimate of drug-likeness (QED) is 0.794. The van der Waals surface area contributed by atoms with Crippen molar-refractivity contribution >= 4 is 18.0 Å². The second-order valence-electron chi connectivity index (χ2n) is 5.89. The van der Waals surface area contributed by atoms with Crippen molar-refractivity contribution in [3.63, 3.8) is 0 Å². The Morgan fingerprint density at radius 3 is 2.48 bits per heavy atom. The van der Waals surface area contributed by atoms with Crippen LogP contribution in [0, 0.1) is 0 Å². The van der Waals surface area contributed by atoms with Crippen molar-refractivity contribution < 1.29 is 23.9 Å². The smallest absolute Gasteiger partial charge is 0.416 e. The van der Waals surface area contributed by atoms with Crippen LogP contribution in [0.15, 0.2) is 30.3 Å². The molecular weight excluding hydrogens is 298 g/mol. The fraction of sp³-hybridized carbons (Fsp3) is 0.471. The summed E-state index contributed by atoms with van der Waals surface area (Å²) in [5.74, 6) is -0.927. The Morgan fingerprint density at radius 2 is 1.87 bits per heavy atom. The van der Waals surface area contributed by atoms with Gasteiger partial charge in [-0.2, -0.15) is 0 Å². The van der Waals surface area contributed by atoms with E-state index in [9.17, 15) is 14.4 Å². The molecule has 1 aliphatic heterocycles. The molecule has 3 rings (SSSR count). The summed E-state index contributed by atoms with van der Waals surface area (Å²) in [6.07, 6.45) is 2.67. The molecule has 0 aromatic heterocycles. The third-order valence-electron chi connectivity index (χ3n) is 4.56. The van der Waals surface area contributed by atoms with Gasteiger partial charge in [-0.25, -0.2) is 9.69 Å². The number of ether oxygens (including phenoxy) is 2. The zero-order valence-electron chi connectivity index (χ0n) is 12.8. The van der Waals surface area contributed by atoms with Gasteiger partial charge in [-0.3, -0.25) is 9.59 Å². The highest BCUT2D eigenvalue weighted by Crippen LogP contribution is 2.42. The van der Waals surface area contributed by atoms with Crippen molar-refractivity contribution in [2.75, 3.05) is 19.8 Å². The predicted octanol–water partition coefficient (Wildman–Crippen LogP) is 2.02. The van der Waals surface area contributed by atoms with Gasteiger partial charge in [-0.1, -0.05) is 43.2 Å². The minimum absolute atomic E-state index is 0.187. The Hall–Kier alpha value is -2.37. The maximum atomic E-state index is 12.7. The highest BCUT2D eigenvalue weighted by molar-refractivity contribution is 5.95. The minimum Gasteiger partial charge on any atom is -0.455 e. The molecule has 23 heavy (non-hydrogen) atoms. The van der Waals surface area contributed by atoms with Crippen molar-refractivity contribution in [2.45, 2.75) is 31.1 Å². The average molecular weight is 317 g/mol. The number of carbonyl (C=O) groups is 3. The SMILES string of the molecule is O=C(COC(=O)C1(c2ccccc2)CCCC1)N1CCOC1=O. The summed E-state index contributed by atoms with van der Waals surface area (Å²) in [7, 11) is 0. The predicted molar refractivity (Wildman–Crippen MR) is 80.6 cm³/mol. The van der Waals surface area contributed by atoms with Gasteiger partial charge in [0, 0.05) is 0 Å². The van der Waals surface area contributed by atoms with Crippen molar-refractivity contribution in [3.8, 4) is 0 Å². The number of nitrogens with zero attached hydrogens (tertiary/aromatic N) is 1. The molecule has 1 aliphatic carbocycles. The summed E-state index contributed by atoms with van der Waals surface area (Å²) in [5, 5.41) is 0. The Kier molecular flexibility index (Phi) is 4.32. The Balaban J connectivity index is 1.68. The Morgan fingerprint density at radius 1 is 1.17 bits per heavy atom. The molecule has 2 amide bonds. The molecule has 0 N–H and O–H groups in total. The van der Waals surface area contributed by atoms with Crippen LogP contribution in [0.5, 0.6) is 0 Å². The molecule has 6 heteroatoms. The van der Waals surface area contributed by atoms with E-state index in [0.717, 1.165) is 36.1 Å². The molecule has 0 spiro atoms. The Labute approximate surface area is 134 Å². The van der Waals surface area contributed by atoms with Crippen LogP contribution in [-0.4, -0.2) is 42.6 Å². The number of carbonyl (C=O) groups excluding carboxylic acids is 3. The molecular formula is C17H19NO5. The standard InChI is InChI=1S/C17H19NO5/c19-14(18-10-11-22-16(18)21)12-23-15(20)17(8-4-5-9-17)13-6-2-1-3-7-13/h1-3,6-7H,4-5,8-12H2. The third-order valence-corrected chi connectivity index (χ3v) is 4.56. The number of amides is 2. The summed E-state index contributed by atoms with van der Waals surface area (Å²) >= 11 is 0. The van der Waals surface area contributed by atoms with Gasteiger partial charge in [-0.15, -0.1) is 0 Å².